The summed E-state index contributed by atoms with van der Waals surface area (Å²) in [6, 6.07) is 8.24. The number of benzene rings is 2. The minimum absolute atomic E-state index is 0.0582. The molecule has 2 rings (SSSR count). The van der Waals surface area contributed by atoms with Crippen molar-refractivity contribution < 1.29 is 28.2 Å². The largest absolute Gasteiger partial charge is 0.478 e. The van der Waals surface area contributed by atoms with Crippen LogP contribution in [0, 0.1) is 0 Å². The first-order chi connectivity index (χ1) is 10.2. The highest BCUT2D eigenvalue weighted by molar-refractivity contribution is 7.91. The predicted molar refractivity (Wildman–Crippen MR) is 77.3 cm³/mol. The van der Waals surface area contributed by atoms with E-state index in [1.807, 2.05) is 0 Å². The van der Waals surface area contributed by atoms with Gasteiger partial charge in [-0.2, -0.15) is 0 Å². The van der Waals surface area contributed by atoms with Crippen molar-refractivity contribution in [3.05, 3.63) is 58.6 Å². The van der Waals surface area contributed by atoms with Gasteiger partial charge in [0.05, 0.1) is 20.9 Å². The summed E-state index contributed by atoms with van der Waals surface area (Å²) in [5, 5.41) is 18.3. The Balaban J connectivity index is 2.78. The van der Waals surface area contributed by atoms with Gasteiger partial charge < -0.3 is 10.2 Å². The van der Waals surface area contributed by atoms with Crippen LogP contribution in [0.2, 0.25) is 5.02 Å². The zero-order chi connectivity index (χ0) is 16.5. The summed E-state index contributed by atoms with van der Waals surface area (Å²) in [5.41, 5.74) is -0.957. The van der Waals surface area contributed by atoms with Crippen molar-refractivity contribution in [3.8, 4) is 0 Å². The molecule has 0 bridgehead atoms. The van der Waals surface area contributed by atoms with E-state index in [-0.39, 0.29) is 5.02 Å². The average molecular weight is 341 g/mol. The SMILES string of the molecule is O=C(O)c1ccccc1S(=O)(=O)c1ccc(Cl)cc1C(=O)O. The molecule has 0 spiro atoms. The van der Waals surface area contributed by atoms with Crippen LogP contribution in [-0.4, -0.2) is 30.6 Å². The van der Waals surface area contributed by atoms with E-state index in [0.717, 1.165) is 24.3 Å². The monoisotopic (exact) mass is 340 g/mol. The standard InChI is InChI=1S/C14H9ClO6S/c15-8-5-6-12(10(7-8)14(18)19)22(20,21)11-4-2-1-3-9(11)13(16)17/h1-7H,(H,16,17)(H,18,19). The Morgan fingerprint density at radius 1 is 0.864 bits per heavy atom. The summed E-state index contributed by atoms with van der Waals surface area (Å²) in [6.07, 6.45) is 0. The van der Waals surface area contributed by atoms with Gasteiger partial charge in [0.15, 0.2) is 0 Å². The Labute approximate surface area is 130 Å². The first kappa shape index (κ1) is 16.0. The van der Waals surface area contributed by atoms with Gasteiger partial charge in [-0.25, -0.2) is 18.0 Å². The maximum Gasteiger partial charge on any atom is 0.337 e. The van der Waals surface area contributed by atoms with Gasteiger partial charge in [0.25, 0.3) is 0 Å². The van der Waals surface area contributed by atoms with Gasteiger partial charge in [0.1, 0.15) is 0 Å². The number of carbonyl (C=O) groups is 2. The second-order valence-electron chi connectivity index (χ2n) is 4.25. The highest BCUT2D eigenvalue weighted by atomic mass is 35.5. The molecule has 0 amide bonds. The zero-order valence-electron chi connectivity index (χ0n) is 10.9. The van der Waals surface area contributed by atoms with Crippen LogP contribution in [0.3, 0.4) is 0 Å². The van der Waals surface area contributed by atoms with E-state index in [2.05, 4.69) is 0 Å². The topological polar surface area (TPSA) is 109 Å². The lowest BCUT2D eigenvalue weighted by atomic mass is 10.2. The lowest BCUT2D eigenvalue weighted by Crippen LogP contribution is -2.13. The van der Waals surface area contributed by atoms with E-state index in [1.165, 1.54) is 18.2 Å². The van der Waals surface area contributed by atoms with E-state index >= 15 is 0 Å². The molecule has 0 aliphatic carbocycles. The molecular formula is C14H9ClO6S. The molecule has 0 aliphatic rings. The molecule has 2 aromatic carbocycles. The molecule has 0 unspecified atom stereocenters. The van der Waals surface area contributed by atoms with Gasteiger partial charge in [-0.05, 0) is 30.3 Å². The van der Waals surface area contributed by atoms with Crippen molar-refractivity contribution in [2.45, 2.75) is 9.79 Å². The summed E-state index contributed by atoms with van der Waals surface area (Å²) >= 11 is 5.69. The fraction of sp³-hybridized carbons (Fsp3) is 0. The van der Waals surface area contributed by atoms with Crippen molar-refractivity contribution in [2.24, 2.45) is 0 Å². The number of carboxylic acids is 2. The molecule has 2 N–H and O–H groups in total. The highest BCUT2D eigenvalue weighted by Crippen LogP contribution is 2.28. The Kier molecular flexibility index (Phi) is 4.20. The van der Waals surface area contributed by atoms with Crippen LogP contribution in [-0.2, 0) is 9.84 Å². The number of rotatable bonds is 4. The second-order valence-corrected chi connectivity index (χ2v) is 6.57. The minimum Gasteiger partial charge on any atom is -0.478 e. The molecule has 0 radical (unpaired) electrons. The van der Waals surface area contributed by atoms with Crippen molar-refractivity contribution in [1.29, 1.82) is 0 Å². The van der Waals surface area contributed by atoms with Crippen LogP contribution in [0.15, 0.2) is 52.3 Å². The average Bonchev–Trinajstić information content (AvgIpc) is 2.46. The van der Waals surface area contributed by atoms with Gasteiger partial charge in [-0.3, -0.25) is 0 Å². The molecule has 0 heterocycles. The van der Waals surface area contributed by atoms with Crippen LogP contribution in [0.1, 0.15) is 20.7 Å². The van der Waals surface area contributed by atoms with Crippen LogP contribution >= 0.6 is 11.6 Å². The van der Waals surface area contributed by atoms with Gasteiger partial charge in [0, 0.05) is 5.02 Å². The number of sulfone groups is 1. The molecule has 6 nitrogen and oxygen atoms in total. The Hall–Kier alpha value is -2.38. The molecule has 0 aromatic heterocycles. The lowest BCUT2D eigenvalue weighted by Gasteiger charge is -2.10. The van der Waals surface area contributed by atoms with Crippen molar-refractivity contribution in [3.63, 3.8) is 0 Å². The third-order valence-electron chi connectivity index (χ3n) is 2.87. The van der Waals surface area contributed by atoms with Crippen LogP contribution < -0.4 is 0 Å². The second kappa shape index (κ2) is 5.78. The molecule has 22 heavy (non-hydrogen) atoms. The van der Waals surface area contributed by atoms with Crippen molar-refractivity contribution in [2.75, 3.05) is 0 Å². The normalized spacial score (nSPS) is 11.1. The number of hydrogen-bond acceptors (Lipinski definition) is 4. The first-order valence-electron chi connectivity index (χ1n) is 5.85. The number of carboxylic acid groups (broad SMARTS) is 2. The van der Waals surface area contributed by atoms with E-state index in [4.69, 9.17) is 21.8 Å². The third kappa shape index (κ3) is 2.81. The fourth-order valence-corrected chi connectivity index (χ4v) is 3.69. The number of hydrogen-bond donors (Lipinski definition) is 2. The van der Waals surface area contributed by atoms with Gasteiger partial charge in [-0.15, -0.1) is 0 Å². The summed E-state index contributed by atoms with van der Waals surface area (Å²) < 4.78 is 25.3. The summed E-state index contributed by atoms with van der Waals surface area (Å²) in [5.74, 6) is -2.90. The molecule has 8 heteroatoms. The van der Waals surface area contributed by atoms with E-state index in [1.54, 1.807) is 0 Å². The quantitative estimate of drug-likeness (QED) is 0.885. The predicted octanol–water partition coefficient (Wildman–Crippen LogP) is 2.57. The van der Waals surface area contributed by atoms with Crippen molar-refractivity contribution in [1.82, 2.24) is 0 Å². The van der Waals surface area contributed by atoms with E-state index < -0.39 is 42.7 Å². The minimum atomic E-state index is -4.33. The smallest absolute Gasteiger partial charge is 0.337 e. The summed E-state index contributed by atoms with van der Waals surface area (Å²) in [7, 11) is -4.33. The van der Waals surface area contributed by atoms with Crippen LogP contribution in [0.4, 0.5) is 0 Å². The maximum absolute atomic E-state index is 12.6. The number of halogens is 1. The van der Waals surface area contributed by atoms with Crippen LogP contribution in [0.5, 0.6) is 0 Å². The Morgan fingerprint density at radius 2 is 1.41 bits per heavy atom. The van der Waals surface area contributed by atoms with Gasteiger partial charge in [-0.1, -0.05) is 23.7 Å². The lowest BCUT2D eigenvalue weighted by molar-refractivity contribution is 0.0683. The molecule has 0 atom stereocenters. The van der Waals surface area contributed by atoms with Gasteiger partial charge >= 0.3 is 11.9 Å². The van der Waals surface area contributed by atoms with Crippen LogP contribution in [0.25, 0.3) is 0 Å². The molecule has 2 aromatic rings. The maximum atomic E-state index is 12.6. The van der Waals surface area contributed by atoms with E-state index in [0.29, 0.717) is 0 Å². The Morgan fingerprint density at radius 3 is 2.00 bits per heavy atom. The highest BCUT2D eigenvalue weighted by Gasteiger charge is 2.28. The zero-order valence-corrected chi connectivity index (χ0v) is 12.4. The number of aromatic carboxylic acids is 2. The van der Waals surface area contributed by atoms with Gasteiger partial charge in [0.2, 0.25) is 9.84 Å². The molecule has 0 aliphatic heterocycles. The summed E-state index contributed by atoms with van der Waals surface area (Å²) in [4.78, 5) is 21.4. The third-order valence-corrected chi connectivity index (χ3v) is 4.97. The molecular weight excluding hydrogens is 332 g/mol. The molecule has 0 saturated carbocycles. The molecule has 0 fully saturated rings. The Bertz CT molecular complexity index is 873. The first-order valence-corrected chi connectivity index (χ1v) is 7.71. The molecule has 114 valence electrons. The summed E-state index contributed by atoms with van der Waals surface area (Å²) in [6.45, 7) is 0. The van der Waals surface area contributed by atoms with Crippen molar-refractivity contribution >= 4 is 33.4 Å². The molecule has 0 saturated heterocycles. The fourth-order valence-electron chi connectivity index (χ4n) is 1.90. The van der Waals surface area contributed by atoms with E-state index in [9.17, 15) is 18.0 Å².